The number of nitrogens with zero attached hydrogens (tertiary/aromatic N) is 1. The standard InChI is InChI=1S/C13H12ClN3O2/c1-17-7-3-6-11(17)13(19)16-15-12(18)9-4-2-5-10(14)8-9/h2-8H,1H3,(H,15,18)(H,16,19). The van der Waals surface area contributed by atoms with Gasteiger partial charge < -0.3 is 4.57 Å². The van der Waals surface area contributed by atoms with Gasteiger partial charge in [-0.05, 0) is 30.3 Å². The summed E-state index contributed by atoms with van der Waals surface area (Å²) in [7, 11) is 1.74. The molecule has 6 heteroatoms. The van der Waals surface area contributed by atoms with Crippen molar-refractivity contribution in [3.05, 3.63) is 58.9 Å². The molecule has 98 valence electrons. The van der Waals surface area contributed by atoms with Crippen molar-refractivity contribution in [2.75, 3.05) is 0 Å². The Kier molecular flexibility index (Phi) is 3.87. The normalized spacial score (nSPS) is 10.0. The summed E-state index contributed by atoms with van der Waals surface area (Å²) >= 11 is 5.78. The average Bonchev–Trinajstić information content (AvgIpc) is 2.82. The summed E-state index contributed by atoms with van der Waals surface area (Å²) in [6.07, 6.45) is 1.74. The smallest absolute Gasteiger partial charge is 0.286 e. The molecule has 2 N–H and O–H groups in total. The molecule has 0 aliphatic rings. The van der Waals surface area contributed by atoms with Crippen molar-refractivity contribution in [3.8, 4) is 0 Å². The highest BCUT2D eigenvalue weighted by Gasteiger charge is 2.11. The van der Waals surface area contributed by atoms with E-state index < -0.39 is 5.91 Å². The minimum atomic E-state index is -0.426. The van der Waals surface area contributed by atoms with Gasteiger partial charge in [-0.25, -0.2) is 0 Å². The van der Waals surface area contributed by atoms with Crippen LogP contribution in [-0.4, -0.2) is 16.4 Å². The molecule has 2 rings (SSSR count). The van der Waals surface area contributed by atoms with Crippen LogP contribution in [0.1, 0.15) is 20.8 Å². The number of aryl methyl sites for hydroxylation is 1. The minimum absolute atomic E-state index is 0.375. The molecule has 0 bridgehead atoms. The predicted molar refractivity (Wildman–Crippen MR) is 71.8 cm³/mol. The zero-order valence-electron chi connectivity index (χ0n) is 10.2. The van der Waals surface area contributed by atoms with Crippen LogP contribution in [0.3, 0.4) is 0 Å². The van der Waals surface area contributed by atoms with Crippen LogP contribution in [0.4, 0.5) is 0 Å². The molecular formula is C13H12ClN3O2. The van der Waals surface area contributed by atoms with E-state index in [-0.39, 0.29) is 5.91 Å². The quantitative estimate of drug-likeness (QED) is 0.822. The number of aromatic nitrogens is 1. The molecule has 0 fully saturated rings. The number of rotatable bonds is 2. The first-order chi connectivity index (χ1) is 9.08. The molecule has 0 spiro atoms. The Labute approximate surface area is 115 Å². The third kappa shape index (κ3) is 3.14. The summed E-state index contributed by atoms with van der Waals surface area (Å²) in [4.78, 5) is 23.5. The Morgan fingerprint density at radius 3 is 2.47 bits per heavy atom. The summed E-state index contributed by atoms with van der Waals surface area (Å²) in [5.74, 6) is -0.812. The van der Waals surface area contributed by atoms with Crippen LogP contribution in [0.15, 0.2) is 42.6 Å². The van der Waals surface area contributed by atoms with Crippen LogP contribution >= 0.6 is 11.6 Å². The topological polar surface area (TPSA) is 63.1 Å². The fourth-order valence-corrected chi connectivity index (χ4v) is 1.77. The molecule has 1 aromatic heterocycles. The number of hydrazine groups is 1. The lowest BCUT2D eigenvalue weighted by Gasteiger charge is -2.08. The second kappa shape index (κ2) is 5.58. The fourth-order valence-electron chi connectivity index (χ4n) is 1.58. The number of nitrogens with one attached hydrogen (secondary N) is 2. The molecule has 0 radical (unpaired) electrons. The van der Waals surface area contributed by atoms with Gasteiger partial charge in [0.1, 0.15) is 5.69 Å². The summed E-state index contributed by atoms with van der Waals surface area (Å²) in [5.41, 5.74) is 5.50. The largest absolute Gasteiger partial charge is 0.347 e. The first kappa shape index (κ1) is 13.2. The third-order valence-corrected chi connectivity index (χ3v) is 2.79. The summed E-state index contributed by atoms with van der Waals surface area (Å²) in [6, 6.07) is 9.85. The first-order valence-electron chi connectivity index (χ1n) is 5.55. The Bertz CT molecular complexity index is 622. The molecule has 0 aliphatic heterocycles. The number of hydrogen-bond donors (Lipinski definition) is 2. The van der Waals surface area contributed by atoms with Gasteiger partial charge in [-0.1, -0.05) is 17.7 Å². The Hall–Kier alpha value is -2.27. The van der Waals surface area contributed by atoms with E-state index in [1.54, 1.807) is 48.1 Å². The molecule has 0 saturated heterocycles. The van der Waals surface area contributed by atoms with Crippen LogP contribution < -0.4 is 10.9 Å². The number of amides is 2. The highest BCUT2D eigenvalue weighted by Crippen LogP contribution is 2.10. The average molecular weight is 278 g/mol. The van der Waals surface area contributed by atoms with Crippen molar-refractivity contribution in [1.29, 1.82) is 0 Å². The molecule has 0 saturated carbocycles. The van der Waals surface area contributed by atoms with E-state index >= 15 is 0 Å². The van der Waals surface area contributed by atoms with Crippen molar-refractivity contribution in [2.45, 2.75) is 0 Å². The monoisotopic (exact) mass is 277 g/mol. The zero-order chi connectivity index (χ0) is 13.8. The maximum Gasteiger partial charge on any atom is 0.286 e. The maximum absolute atomic E-state index is 11.8. The number of hydrogen-bond acceptors (Lipinski definition) is 2. The van der Waals surface area contributed by atoms with Crippen molar-refractivity contribution in [2.24, 2.45) is 7.05 Å². The van der Waals surface area contributed by atoms with Crippen LogP contribution in [0, 0.1) is 0 Å². The van der Waals surface area contributed by atoms with Gasteiger partial charge in [0.2, 0.25) is 0 Å². The van der Waals surface area contributed by atoms with E-state index in [4.69, 9.17) is 11.6 Å². The molecule has 5 nitrogen and oxygen atoms in total. The fraction of sp³-hybridized carbons (Fsp3) is 0.0769. The number of halogens is 1. The van der Waals surface area contributed by atoms with Gasteiger partial charge in [-0.15, -0.1) is 0 Å². The van der Waals surface area contributed by atoms with E-state index in [0.29, 0.717) is 16.3 Å². The molecule has 1 aromatic carbocycles. The van der Waals surface area contributed by atoms with Gasteiger partial charge >= 0.3 is 0 Å². The van der Waals surface area contributed by atoms with Crippen LogP contribution in [0.25, 0.3) is 0 Å². The van der Waals surface area contributed by atoms with Crippen LogP contribution in [0.5, 0.6) is 0 Å². The molecule has 0 atom stereocenters. The highest BCUT2D eigenvalue weighted by molar-refractivity contribution is 6.30. The summed E-state index contributed by atoms with van der Waals surface area (Å²) in [5, 5.41) is 0.460. The Morgan fingerprint density at radius 1 is 1.11 bits per heavy atom. The molecule has 19 heavy (non-hydrogen) atoms. The van der Waals surface area contributed by atoms with E-state index in [2.05, 4.69) is 10.9 Å². The van der Waals surface area contributed by atoms with Gasteiger partial charge in [-0.2, -0.15) is 0 Å². The van der Waals surface area contributed by atoms with Gasteiger partial charge in [0, 0.05) is 23.8 Å². The maximum atomic E-state index is 11.8. The molecule has 0 aliphatic carbocycles. The van der Waals surface area contributed by atoms with E-state index in [0.717, 1.165) is 0 Å². The van der Waals surface area contributed by atoms with Gasteiger partial charge in [0.15, 0.2) is 0 Å². The van der Waals surface area contributed by atoms with Crippen molar-refractivity contribution in [3.63, 3.8) is 0 Å². The lowest BCUT2D eigenvalue weighted by Crippen LogP contribution is -2.42. The van der Waals surface area contributed by atoms with Crippen LogP contribution in [0.2, 0.25) is 5.02 Å². The SMILES string of the molecule is Cn1cccc1C(=O)NNC(=O)c1cccc(Cl)c1. The Morgan fingerprint density at radius 2 is 1.84 bits per heavy atom. The van der Waals surface area contributed by atoms with Gasteiger partial charge in [0.25, 0.3) is 11.8 Å². The first-order valence-corrected chi connectivity index (χ1v) is 5.93. The summed E-state index contributed by atoms with van der Waals surface area (Å²) in [6.45, 7) is 0. The second-order valence-corrected chi connectivity index (χ2v) is 4.36. The predicted octanol–water partition coefficient (Wildman–Crippen LogP) is 1.75. The molecule has 1 heterocycles. The van der Waals surface area contributed by atoms with E-state index in [9.17, 15) is 9.59 Å². The highest BCUT2D eigenvalue weighted by atomic mass is 35.5. The third-order valence-electron chi connectivity index (χ3n) is 2.55. The molecule has 2 amide bonds. The molecule has 0 unspecified atom stereocenters. The number of carbonyl (C=O) groups excluding carboxylic acids is 2. The van der Waals surface area contributed by atoms with E-state index in [1.807, 2.05) is 0 Å². The minimum Gasteiger partial charge on any atom is -0.347 e. The Balaban J connectivity index is 1.98. The van der Waals surface area contributed by atoms with Crippen LogP contribution in [-0.2, 0) is 7.05 Å². The van der Waals surface area contributed by atoms with Crippen molar-refractivity contribution < 1.29 is 9.59 Å². The van der Waals surface area contributed by atoms with Crippen molar-refractivity contribution >= 4 is 23.4 Å². The number of benzene rings is 1. The van der Waals surface area contributed by atoms with E-state index in [1.165, 1.54) is 6.07 Å². The number of carbonyl (C=O) groups is 2. The summed E-state index contributed by atoms with van der Waals surface area (Å²) < 4.78 is 1.65. The van der Waals surface area contributed by atoms with Crippen molar-refractivity contribution in [1.82, 2.24) is 15.4 Å². The zero-order valence-corrected chi connectivity index (χ0v) is 10.9. The lowest BCUT2D eigenvalue weighted by molar-refractivity contribution is 0.0842. The molecule has 2 aromatic rings. The molecular weight excluding hydrogens is 266 g/mol. The van der Waals surface area contributed by atoms with Gasteiger partial charge in [0.05, 0.1) is 0 Å². The lowest BCUT2D eigenvalue weighted by atomic mass is 10.2. The van der Waals surface area contributed by atoms with Gasteiger partial charge in [-0.3, -0.25) is 20.4 Å². The second-order valence-electron chi connectivity index (χ2n) is 3.92.